The second-order valence-electron chi connectivity index (χ2n) is 5.87. The van der Waals surface area contributed by atoms with Gasteiger partial charge in [0.05, 0.1) is 0 Å². The van der Waals surface area contributed by atoms with Crippen LogP contribution in [0.1, 0.15) is 53.9 Å². The van der Waals surface area contributed by atoms with E-state index >= 15 is 0 Å². The number of hydrogen-bond acceptors (Lipinski definition) is 4. The van der Waals surface area contributed by atoms with Crippen molar-refractivity contribution in [3.8, 4) is 0 Å². The number of carbonyl (C=O) groups is 2. The molecule has 0 unspecified atom stereocenters. The molecule has 4 nitrogen and oxygen atoms in total. The van der Waals surface area contributed by atoms with Crippen molar-refractivity contribution in [2.24, 2.45) is 11.8 Å². The van der Waals surface area contributed by atoms with Crippen molar-refractivity contribution in [2.75, 3.05) is 0 Å². The third kappa shape index (κ3) is 4.00. The molecule has 0 bridgehead atoms. The molecule has 0 radical (unpaired) electrons. The van der Waals surface area contributed by atoms with E-state index in [1.165, 1.54) is 13.8 Å². The van der Waals surface area contributed by atoms with Crippen LogP contribution in [0, 0.1) is 11.8 Å². The van der Waals surface area contributed by atoms with Gasteiger partial charge in [0.2, 0.25) is 0 Å². The van der Waals surface area contributed by atoms with E-state index in [0.717, 1.165) is 19.3 Å². The Bertz CT molecular complexity index is 322. The standard InChI is InChI=1S/C14H24O4/c1-9-6-7-12(13(8-9)17-10(2)15)14(4,5)18-11(3)16/h9,12-13H,6-8H2,1-5H3/t9-,12-,13-/m1/s1. The second kappa shape index (κ2) is 5.72. The van der Waals surface area contributed by atoms with Gasteiger partial charge in [-0.1, -0.05) is 13.3 Å². The molecule has 1 aliphatic rings. The maximum Gasteiger partial charge on any atom is 0.303 e. The molecule has 0 aromatic heterocycles. The normalized spacial score (nSPS) is 28.6. The van der Waals surface area contributed by atoms with Gasteiger partial charge in [-0.15, -0.1) is 0 Å². The van der Waals surface area contributed by atoms with Crippen LogP contribution in [0.2, 0.25) is 0 Å². The van der Waals surface area contributed by atoms with Gasteiger partial charge >= 0.3 is 11.9 Å². The van der Waals surface area contributed by atoms with Crippen LogP contribution in [-0.4, -0.2) is 23.6 Å². The average molecular weight is 256 g/mol. The minimum absolute atomic E-state index is 0.0708. The number of carbonyl (C=O) groups excluding carboxylic acids is 2. The molecule has 0 heterocycles. The molecular weight excluding hydrogens is 232 g/mol. The summed E-state index contributed by atoms with van der Waals surface area (Å²) in [6.45, 7) is 8.78. The Hall–Kier alpha value is -1.06. The van der Waals surface area contributed by atoms with Crippen molar-refractivity contribution in [2.45, 2.75) is 65.6 Å². The second-order valence-corrected chi connectivity index (χ2v) is 5.87. The van der Waals surface area contributed by atoms with E-state index in [2.05, 4.69) is 6.92 Å². The zero-order valence-electron chi connectivity index (χ0n) is 12.0. The molecule has 0 N–H and O–H groups in total. The molecule has 0 aliphatic heterocycles. The lowest BCUT2D eigenvalue weighted by Gasteiger charge is -2.42. The van der Waals surface area contributed by atoms with E-state index in [9.17, 15) is 9.59 Å². The zero-order valence-corrected chi connectivity index (χ0v) is 12.0. The van der Waals surface area contributed by atoms with E-state index in [-0.39, 0.29) is 24.0 Å². The summed E-state index contributed by atoms with van der Waals surface area (Å²) in [5.74, 6) is 0.0538. The lowest BCUT2D eigenvalue weighted by atomic mass is 9.73. The third-order valence-electron chi connectivity index (χ3n) is 3.67. The van der Waals surface area contributed by atoms with Crippen molar-refractivity contribution in [1.82, 2.24) is 0 Å². The monoisotopic (exact) mass is 256 g/mol. The maximum absolute atomic E-state index is 11.2. The average Bonchev–Trinajstić information content (AvgIpc) is 2.13. The molecule has 18 heavy (non-hydrogen) atoms. The third-order valence-corrected chi connectivity index (χ3v) is 3.67. The van der Waals surface area contributed by atoms with Crippen LogP contribution < -0.4 is 0 Å². The molecule has 3 atom stereocenters. The van der Waals surface area contributed by atoms with Gasteiger partial charge in [-0.05, 0) is 32.6 Å². The van der Waals surface area contributed by atoms with Crippen molar-refractivity contribution < 1.29 is 19.1 Å². The molecule has 104 valence electrons. The Kier molecular flexibility index (Phi) is 4.77. The molecule has 1 rings (SSSR count). The Balaban J connectivity index is 2.81. The highest BCUT2D eigenvalue weighted by Crippen LogP contribution is 2.39. The molecule has 0 amide bonds. The summed E-state index contributed by atoms with van der Waals surface area (Å²) in [5, 5.41) is 0. The lowest BCUT2D eigenvalue weighted by Crippen LogP contribution is -2.47. The summed E-state index contributed by atoms with van der Waals surface area (Å²) in [6, 6.07) is 0. The highest BCUT2D eigenvalue weighted by Gasteiger charge is 2.42. The van der Waals surface area contributed by atoms with E-state index in [0.29, 0.717) is 5.92 Å². The predicted octanol–water partition coefficient (Wildman–Crippen LogP) is 2.70. The summed E-state index contributed by atoms with van der Waals surface area (Å²) < 4.78 is 10.8. The van der Waals surface area contributed by atoms with E-state index < -0.39 is 5.60 Å². The Labute approximate surface area is 109 Å². The van der Waals surface area contributed by atoms with E-state index in [1.54, 1.807) is 0 Å². The number of ether oxygens (including phenoxy) is 2. The van der Waals surface area contributed by atoms with Gasteiger partial charge in [0.1, 0.15) is 11.7 Å². The fourth-order valence-corrected chi connectivity index (χ4v) is 2.91. The van der Waals surface area contributed by atoms with Crippen molar-refractivity contribution >= 4 is 11.9 Å². The first kappa shape index (κ1) is 15.0. The van der Waals surface area contributed by atoms with Crippen LogP contribution in [0.15, 0.2) is 0 Å². The van der Waals surface area contributed by atoms with Crippen LogP contribution in [0.5, 0.6) is 0 Å². The lowest BCUT2D eigenvalue weighted by molar-refractivity contribution is -0.175. The topological polar surface area (TPSA) is 52.6 Å². The Morgan fingerprint density at radius 1 is 1.11 bits per heavy atom. The first-order chi connectivity index (χ1) is 8.22. The summed E-state index contributed by atoms with van der Waals surface area (Å²) >= 11 is 0. The van der Waals surface area contributed by atoms with E-state index in [4.69, 9.17) is 9.47 Å². The van der Waals surface area contributed by atoms with Gasteiger partial charge in [0.25, 0.3) is 0 Å². The Morgan fingerprint density at radius 2 is 1.72 bits per heavy atom. The fraction of sp³-hybridized carbons (Fsp3) is 0.857. The van der Waals surface area contributed by atoms with Gasteiger partial charge in [-0.3, -0.25) is 9.59 Å². The summed E-state index contributed by atoms with van der Waals surface area (Å²) in [4.78, 5) is 22.3. The summed E-state index contributed by atoms with van der Waals surface area (Å²) in [5.41, 5.74) is -0.591. The van der Waals surface area contributed by atoms with Crippen LogP contribution >= 0.6 is 0 Å². The molecule has 0 spiro atoms. The first-order valence-corrected chi connectivity index (χ1v) is 6.59. The minimum atomic E-state index is -0.591. The van der Waals surface area contributed by atoms with Crippen LogP contribution in [0.3, 0.4) is 0 Å². The minimum Gasteiger partial charge on any atom is -0.462 e. The van der Waals surface area contributed by atoms with Crippen LogP contribution in [-0.2, 0) is 19.1 Å². The van der Waals surface area contributed by atoms with Gasteiger partial charge in [0, 0.05) is 19.8 Å². The smallest absolute Gasteiger partial charge is 0.303 e. The zero-order chi connectivity index (χ0) is 13.9. The van der Waals surface area contributed by atoms with Gasteiger partial charge in [-0.2, -0.15) is 0 Å². The molecular formula is C14H24O4. The number of rotatable bonds is 3. The largest absolute Gasteiger partial charge is 0.462 e. The highest BCUT2D eigenvalue weighted by molar-refractivity contribution is 5.67. The molecule has 0 aromatic rings. The maximum atomic E-state index is 11.2. The summed E-state index contributed by atoms with van der Waals surface area (Å²) in [6.07, 6.45) is 2.68. The van der Waals surface area contributed by atoms with Crippen molar-refractivity contribution in [1.29, 1.82) is 0 Å². The van der Waals surface area contributed by atoms with Crippen LogP contribution in [0.4, 0.5) is 0 Å². The number of hydrogen-bond donors (Lipinski definition) is 0. The van der Waals surface area contributed by atoms with Gasteiger partial charge in [0.15, 0.2) is 0 Å². The fourth-order valence-electron chi connectivity index (χ4n) is 2.91. The molecule has 1 fully saturated rings. The van der Waals surface area contributed by atoms with Crippen molar-refractivity contribution in [3.63, 3.8) is 0 Å². The van der Waals surface area contributed by atoms with Crippen LogP contribution in [0.25, 0.3) is 0 Å². The van der Waals surface area contributed by atoms with Gasteiger partial charge < -0.3 is 9.47 Å². The highest BCUT2D eigenvalue weighted by atomic mass is 16.6. The van der Waals surface area contributed by atoms with Crippen molar-refractivity contribution in [3.05, 3.63) is 0 Å². The molecule has 1 saturated carbocycles. The SMILES string of the molecule is CC(=O)O[C@@H]1C[C@H](C)CC[C@H]1C(C)(C)OC(C)=O. The quantitative estimate of drug-likeness (QED) is 0.728. The number of esters is 2. The van der Waals surface area contributed by atoms with E-state index in [1.807, 2.05) is 13.8 Å². The summed E-state index contributed by atoms with van der Waals surface area (Å²) in [7, 11) is 0. The van der Waals surface area contributed by atoms with Gasteiger partial charge in [-0.25, -0.2) is 0 Å². The molecule has 0 saturated heterocycles. The molecule has 1 aliphatic carbocycles. The molecule has 0 aromatic carbocycles. The first-order valence-electron chi connectivity index (χ1n) is 6.59. The predicted molar refractivity (Wildman–Crippen MR) is 67.9 cm³/mol. The Morgan fingerprint density at radius 3 is 2.22 bits per heavy atom. The molecule has 4 heteroatoms.